The van der Waals surface area contributed by atoms with Gasteiger partial charge in [-0.05, 0) is 41.5 Å². The number of rotatable bonds is 32. The van der Waals surface area contributed by atoms with Gasteiger partial charge in [0, 0.05) is 43.5 Å². The van der Waals surface area contributed by atoms with Crippen molar-refractivity contribution in [2.45, 2.75) is 101 Å². The third-order valence-corrected chi connectivity index (χ3v) is 11.7. The zero-order chi connectivity index (χ0) is 48.7. The number of ketones is 2. The molecule has 2 fully saturated rings. The second kappa shape index (κ2) is 33.0. The number of carbonyl (C=O) groups is 4. The molecule has 2 aliphatic rings. The van der Waals surface area contributed by atoms with Crippen LogP contribution in [0.25, 0.3) is 0 Å². The van der Waals surface area contributed by atoms with E-state index in [9.17, 15) is 36.0 Å². The first-order chi connectivity index (χ1) is 29.8. The molecule has 2 radical (unpaired) electrons. The Kier molecular flexibility index (Phi) is 33.2. The van der Waals surface area contributed by atoms with E-state index in [2.05, 4.69) is 31.0 Å². The second-order valence-corrected chi connectivity index (χ2v) is 19.4. The summed E-state index contributed by atoms with van der Waals surface area (Å²) in [7, 11) is -4.69. The number of Topliss-reactive ketones (excluding diaryl/α,β-unsaturated/α-hetero) is 2. The average molecular weight is 1070 g/mol. The van der Waals surface area contributed by atoms with E-state index in [0.717, 1.165) is 39.6 Å². The Morgan fingerprint density at radius 3 is 1.38 bits per heavy atom. The molecule has 0 aromatic heterocycles. The van der Waals surface area contributed by atoms with Crippen LogP contribution in [0.2, 0.25) is 0 Å². The Balaban J connectivity index is 0. The summed E-state index contributed by atoms with van der Waals surface area (Å²) in [5, 5.41) is -3.52. The second-order valence-electron chi connectivity index (χ2n) is 15.6. The molecule has 2 saturated heterocycles. The van der Waals surface area contributed by atoms with Gasteiger partial charge in [-0.2, -0.15) is 16.8 Å². The largest absolute Gasteiger partial charge is 0.469 e. The first kappa shape index (κ1) is 66.4. The van der Waals surface area contributed by atoms with Gasteiger partial charge in [-0.3, -0.25) is 27.5 Å². The maximum absolute atomic E-state index is 12.5. The minimum absolute atomic E-state index is 0. The summed E-state index contributed by atoms with van der Waals surface area (Å²) in [6.07, 6.45) is -3.12. The number of ether oxygens (including phenoxy) is 12. The summed E-state index contributed by atoms with van der Waals surface area (Å²) >= 11 is 0. The van der Waals surface area contributed by atoms with Crippen LogP contribution in [-0.2, 0) is 142 Å². The van der Waals surface area contributed by atoms with Crippen LogP contribution in [0.3, 0.4) is 0 Å². The average Bonchev–Trinajstić information content (AvgIpc) is 3.76. The molecule has 0 aromatic rings. The van der Waals surface area contributed by atoms with E-state index in [0.29, 0.717) is 19.8 Å². The first-order valence-electron chi connectivity index (χ1n) is 20.0. The SMILES string of the molecule is C=C(C)COCC(COCC1COC(C)(C)O1)OCC(=O)C(CC(=O)OC)S(=O)(=O)OC.C=C(C)COCC(COCC1COC(C)(C)O1)OCC(=O)CC(C(=O)OC)S(=O)(=O)OC.[V].[V]. The van der Waals surface area contributed by atoms with Crippen molar-refractivity contribution in [2.75, 3.05) is 108 Å². The fraction of sp³-hybridized carbons (Fsp3) is 0.800. The van der Waals surface area contributed by atoms with Crippen molar-refractivity contribution in [2.24, 2.45) is 0 Å². The molecule has 66 heavy (non-hydrogen) atoms. The van der Waals surface area contributed by atoms with Crippen molar-refractivity contribution in [1.29, 1.82) is 0 Å². The molecule has 0 spiro atoms. The summed E-state index contributed by atoms with van der Waals surface area (Å²) < 4.78 is 121. The summed E-state index contributed by atoms with van der Waals surface area (Å²) in [6.45, 7) is 19.5. The van der Waals surface area contributed by atoms with Crippen LogP contribution in [-0.4, -0.2) is 195 Å². The molecule has 2 heterocycles. The Morgan fingerprint density at radius 2 is 1.02 bits per heavy atom. The van der Waals surface area contributed by atoms with Crippen LogP contribution in [0, 0.1) is 0 Å². The van der Waals surface area contributed by atoms with Crippen molar-refractivity contribution in [1.82, 2.24) is 0 Å². The van der Waals surface area contributed by atoms with Gasteiger partial charge in [-0.25, -0.2) is 0 Å². The molecule has 6 atom stereocenters. The van der Waals surface area contributed by atoms with E-state index >= 15 is 0 Å². The standard InChI is InChI=1S/2C20H34O11S.2V/c1-14(2)8-27-9-15(10-28-11-16-12-30-20(3,4)31-16)29-13-17(21)18(7-19(22)25-5)32(23,24)26-6;1-14(2)8-27-10-16(11-28-12-17-13-30-20(3,4)31-17)29-9-15(21)7-18(19(22)25-5)32(23,24)26-6;;/h15-16,18H,1,7-13H2,2-6H3;16-18H,1,7-13H2,2-6H3;;. The molecule has 382 valence electrons. The van der Waals surface area contributed by atoms with E-state index in [4.69, 9.17) is 47.4 Å². The molecular formula is C40H68O22S2V2. The van der Waals surface area contributed by atoms with E-state index in [-0.39, 0.29) is 95.6 Å². The van der Waals surface area contributed by atoms with Crippen molar-refractivity contribution in [3.8, 4) is 0 Å². The molecular weight excluding hydrogens is 998 g/mol. The molecule has 0 aromatic carbocycles. The van der Waals surface area contributed by atoms with E-state index in [1.54, 1.807) is 41.5 Å². The third kappa shape index (κ3) is 27.5. The molecule has 0 saturated carbocycles. The number of hydrogen-bond acceptors (Lipinski definition) is 22. The molecule has 2 rings (SSSR count). The molecule has 6 unspecified atom stereocenters. The van der Waals surface area contributed by atoms with Crippen molar-refractivity contribution < 1.29 is 138 Å². The number of carbonyl (C=O) groups excluding carboxylic acids is 4. The summed E-state index contributed by atoms with van der Waals surface area (Å²) in [5.41, 5.74) is 1.61. The fourth-order valence-electron chi connectivity index (χ4n) is 5.42. The maximum Gasteiger partial charge on any atom is 0.327 e. The van der Waals surface area contributed by atoms with Crippen LogP contribution in [0.5, 0.6) is 0 Å². The molecule has 0 N–H and O–H groups in total. The Labute approximate surface area is 413 Å². The van der Waals surface area contributed by atoms with Gasteiger partial charge >= 0.3 is 11.9 Å². The van der Waals surface area contributed by atoms with Gasteiger partial charge in [-0.15, -0.1) is 0 Å². The first-order valence-corrected chi connectivity index (χ1v) is 23.0. The van der Waals surface area contributed by atoms with Gasteiger partial charge in [0.15, 0.2) is 33.6 Å². The monoisotopic (exact) mass is 1070 g/mol. The van der Waals surface area contributed by atoms with Crippen molar-refractivity contribution >= 4 is 43.7 Å². The Hall–Kier alpha value is -1.65. The molecule has 2 aliphatic heterocycles. The molecule has 0 aliphatic carbocycles. The van der Waals surface area contributed by atoms with Crippen LogP contribution in [0.15, 0.2) is 24.3 Å². The van der Waals surface area contributed by atoms with Crippen molar-refractivity contribution in [3.05, 3.63) is 24.3 Å². The predicted octanol–water partition coefficient (Wildman–Crippen LogP) is 1.21. The van der Waals surface area contributed by atoms with E-state index < -0.39 is 104 Å². The number of esters is 2. The molecule has 0 amide bonds. The van der Waals surface area contributed by atoms with Gasteiger partial charge in [0.1, 0.15) is 37.6 Å². The van der Waals surface area contributed by atoms with Gasteiger partial charge in [-0.1, -0.05) is 24.3 Å². The predicted molar refractivity (Wildman–Crippen MR) is 225 cm³/mol. The minimum atomic E-state index is -4.31. The van der Waals surface area contributed by atoms with E-state index in [1.165, 1.54) is 0 Å². The maximum atomic E-state index is 12.5. The van der Waals surface area contributed by atoms with Crippen LogP contribution in [0.1, 0.15) is 54.4 Å². The normalized spacial score (nSPS) is 19.4. The smallest absolute Gasteiger partial charge is 0.327 e. The summed E-state index contributed by atoms with van der Waals surface area (Å²) in [5.74, 6) is -4.78. The van der Waals surface area contributed by atoms with Gasteiger partial charge in [0.05, 0.1) is 101 Å². The fourth-order valence-corrected chi connectivity index (χ4v) is 7.33. The Bertz CT molecular complexity index is 1720. The number of hydrogen-bond donors (Lipinski definition) is 0. The molecule has 0 bridgehead atoms. The molecule has 26 heteroatoms. The zero-order valence-electron chi connectivity index (χ0n) is 39.5. The summed E-state index contributed by atoms with van der Waals surface area (Å²) in [4.78, 5) is 48.1. The van der Waals surface area contributed by atoms with E-state index in [1.807, 2.05) is 0 Å². The zero-order valence-corrected chi connectivity index (χ0v) is 43.9. The van der Waals surface area contributed by atoms with Gasteiger partial charge in [0.2, 0.25) is 0 Å². The number of methoxy groups -OCH3 is 2. The summed E-state index contributed by atoms with van der Waals surface area (Å²) in [6, 6.07) is 0. The van der Waals surface area contributed by atoms with Gasteiger partial charge < -0.3 is 56.8 Å². The quantitative estimate of drug-likeness (QED) is 0.0521. The molecule has 22 nitrogen and oxygen atoms in total. The third-order valence-electron chi connectivity index (χ3n) is 8.57. The minimum Gasteiger partial charge on any atom is -0.469 e. The topological polar surface area (TPSA) is 266 Å². The van der Waals surface area contributed by atoms with Crippen molar-refractivity contribution in [3.63, 3.8) is 0 Å². The van der Waals surface area contributed by atoms with Crippen LogP contribution >= 0.6 is 0 Å². The van der Waals surface area contributed by atoms with Crippen LogP contribution in [0.4, 0.5) is 0 Å². The van der Waals surface area contributed by atoms with Gasteiger partial charge in [0.25, 0.3) is 20.2 Å². The Morgan fingerprint density at radius 1 is 0.606 bits per heavy atom. The van der Waals surface area contributed by atoms with Crippen LogP contribution < -0.4 is 0 Å².